The zero-order valence-electron chi connectivity index (χ0n) is 8.15. The number of hydrogen-bond donors (Lipinski definition) is 1. The van der Waals surface area contributed by atoms with Gasteiger partial charge in [-0.25, -0.2) is 4.98 Å². The summed E-state index contributed by atoms with van der Waals surface area (Å²) in [6.07, 6.45) is 1.75. The molecule has 1 aromatic carbocycles. The number of nitrogens with zero attached hydrogens (tertiary/aromatic N) is 1. The summed E-state index contributed by atoms with van der Waals surface area (Å²) < 4.78 is 0.952. The van der Waals surface area contributed by atoms with E-state index >= 15 is 0 Å². The number of nitrogens with two attached hydrogens (primary N) is 1. The molecule has 2 nitrogen and oxygen atoms in total. The summed E-state index contributed by atoms with van der Waals surface area (Å²) >= 11 is 11.0. The Kier molecular flexibility index (Phi) is 3.74. The number of aromatic nitrogens is 1. The zero-order chi connectivity index (χ0) is 11.5. The third-order valence-electron chi connectivity index (χ3n) is 1.89. The minimum Gasteiger partial charge on any atom is -0.399 e. The van der Waals surface area contributed by atoms with Gasteiger partial charge in [-0.2, -0.15) is 0 Å². The SMILES string of the molecule is Nc1ccc(Sc2ncccc2Br)c(Cl)c1. The summed E-state index contributed by atoms with van der Waals surface area (Å²) in [5, 5.41) is 1.52. The normalized spacial score (nSPS) is 10.4. The highest BCUT2D eigenvalue weighted by atomic mass is 79.9. The van der Waals surface area contributed by atoms with Gasteiger partial charge in [0.1, 0.15) is 5.03 Å². The molecular weight excluding hydrogens is 308 g/mol. The summed E-state index contributed by atoms with van der Waals surface area (Å²) in [4.78, 5) is 5.20. The number of benzene rings is 1. The van der Waals surface area contributed by atoms with E-state index in [-0.39, 0.29) is 0 Å². The lowest BCUT2D eigenvalue weighted by Gasteiger charge is -2.05. The Balaban J connectivity index is 2.31. The molecule has 0 radical (unpaired) electrons. The van der Waals surface area contributed by atoms with Gasteiger partial charge >= 0.3 is 0 Å². The quantitative estimate of drug-likeness (QED) is 0.843. The minimum absolute atomic E-state index is 0.641. The van der Waals surface area contributed by atoms with Gasteiger partial charge < -0.3 is 5.73 Å². The van der Waals surface area contributed by atoms with Crippen molar-refractivity contribution in [3.8, 4) is 0 Å². The highest BCUT2D eigenvalue weighted by molar-refractivity contribution is 9.10. The molecule has 2 aromatic rings. The summed E-state index contributed by atoms with van der Waals surface area (Å²) in [6.45, 7) is 0. The van der Waals surface area contributed by atoms with Crippen LogP contribution >= 0.6 is 39.3 Å². The maximum atomic E-state index is 6.09. The Labute approximate surface area is 111 Å². The summed E-state index contributed by atoms with van der Waals surface area (Å²) in [7, 11) is 0. The number of pyridine rings is 1. The first kappa shape index (κ1) is 11.8. The van der Waals surface area contributed by atoms with Crippen molar-refractivity contribution in [2.45, 2.75) is 9.92 Å². The van der Waals surface area contributed by atoms with Gasteiger partial charge in [0, 0.05) is 16.8 Å². The molecule has 82 valence electrons. The topological polar surface area (TPSA) is 38.9 Å². The van der Waals surface area contributed by atoms with E-state index in [0.29, 0.717) is 10.7 Å². The van der Waals surface area contributed by atoms with Gasteiger partial charge in [0.25, 0.3) is 0 Å². The van der Waals surface area contributed by atoms with E-state index < -0.39 is 0 Å². The van der Waals surface area contributed by atoms with Crippen molar-refractivity contribution >= 4 is 45.0 Å². The molecule has 0 aliphatic rings. The molecule has 0 fully saturated rings. The Morgan fingerprint density at radius 1 is 1.31 bits per heavy atom. The van der Waals surface area contributed by atoms with E-state index in [0.717, 1.165) is 14.4 Å². The van der Waals surface area contributed by atoms with E-state index in [4.69, 9.17) is 17.3 Å². The molecular formula is C11H8BrClN2S. The van der Waals surface area contributed by atoms with Crippen LogP contribution in [0, 0.1) is 0 Å². The summed E-state index contributed by atoms with van der Waals surface area (Å²) in [5.74, 6) is 0. The van der Waals surface area contributed by atoms with Crippen LogP contribution in [-0.4, -0.2) is 4.98 Å². The van der Waals surface area contributed by atoms with E-state index in [1.165, 1.54) is 11.8 Å². The minimum atomic E-state index is 0.641. The Hall–Kier alpha value is -0.710. The number of rotatable bonds is 2. The summed E-state index contributed by atoms with van der Waals surface area (Å²) in [5.41, 5.74) is 6.29. The highest BCUT2D eigenvalue weighted by Gasteiger charge is 2.06. The molecule has 5 heteroatoms. The Bertz CT molecular complexity index is 519. The van der Waals surface area contributed by atoms with Crippen LogP contribution in [0.25, 0.3) is 0 Å². The average Bonchev–Trinajstić information content (AvgIpc) is 2.25. The zero-order valence-corrected chi connectivity index (χ0v) is 11.3. The molecule has 0 unspecified atom stereocenters. The van der Waals surface area contributed by atoms with Crippen molar-refractivity contribution in [1.82, 2.24) is 4.98 Å². The van der Waals surface area contributed by atoms with E-state index in [1.807, 2.05) is 24.3 Å². The van der Waals surface area contributed by atoms with Crippen molar-refractivity contribution in [2.75, 3.05) is 5.73 Å². The molecule has 0 spiro atoms. The van der Waals surface area contributed by atoms with E-state index in [1.54, 1.807) is 12.3 Å². The van der Waals surface area contributed by atoms with Crippen LogP contribution in [0.1, 0.15) is 0 Å². The molecule has 16 heavy (non-hydrogen) atoms. The number of anilines is 1. The highest BCUT2D eigenvalue weighted by Crippen LogP contribution is 2.36. The van der Waals surface area contributed by atoms with Crippen molar-refractivity contribution in [3.05, 3.63) is 46.0 Å². The van der Waals surface area contributed by atoms with Crippen molar-refractivity contribution < 1.29 is 0 Å². The molecule has 2 rings (SSSR count). The Morgan fingerprint density at radius 3 is 2.81 bits per heavy atom. The molecule has 0 amide bonds. The fourth-order valence-electron chi connectivity index (χ4n) is 1.15. The average molecular weight is 316 g/mol. The predicted molar refractivity (Wildman–Crippen MR) is 71.9 cm³/mol. The maximum absolute atomic E-state index is 6.09. The van der Waals surface area contributed by atoms with Crippen LogP contribution in [0.15, 0.2) is 50.9 Å². The van der Waals surface area contributed by atoms with Crippen LogP contribution in [-0.2, 0) is 0 Å². The molecule has 0 saturated heterocycles. The van der Waals surface area contributed by atoms with Gasteiger partial charge in [-0.05, 0) is 46.3 Å². The number of hydrogen-bond acceptors (Lipinski definition) is 3. The third kappa shape index (κ3) is 2.70. The van der Waals surface area contributed by atoms with Crippen LogP contribution in [0.2, 0.25) is 5.02 Å². The van der Waals surface area contributed by atoms with Gasteiger partial charge in [-0.15, -0.1) is 0 Å². The lowest BCUT2D eigenvalue weighted by atomic mass is 10.3. The van der Waals surface area contributed by atoms with Crippen LogP contribution < -0.4 is 5.73 Å². The van der Waals surface area contributed by atoms with Crippen molar-refractivity contribution in [1.29, 1.82) is 0 Å². The molecule has 2 N–H and O–H groups in total. The van der Waals surface area contributed by atoms with Crippen LogP contribution in [0.3, 0.4) is 0 Å². The molecule has 0 aliphatic carbocycles. The molecule has 0 atom stereocenters. The molecule has 0 bridgehead atoms. The third-order valence-corrected chi connectivity index (χ3v) is 4.31. The smallest absolute Gasteiger partial charge is 0.115 e. The van der Waals surface area contributed by atoms with Crippen molar-refractivity contribution in [2.24, 2.45) is 0 Å². The van der Waals surface area contributed by atoms with E-state index in [2.05, 4.69) is 20.9 Å². The Morgan fingerprint density at radius 2 is 2.12 bits per heavy atom. The second-order valence-corrected chi connectivity index (χ2v) is 5.37. The first-order valence-corrected chi connectivity index (χ1v) is 6.49. The van der Waals surface area contributed by atoms with Crippen molar-refractivity contribution in [3.63, 3.8) is 0 Å². The largest absolute Gasteiger partial charge is 0.399 e. The van der Waals surface area contributed by atoms with Crippen LogP contribution in [0.5, 0.6) is 0 Å². The second kappa shape index (κ2) is 5.08. The number of nitrogen functional groups attached to an aromatic ring is 1. The van der Waals surface area contributed by atoms with Gasteiger partial charge in [-0.1, -0.05) is 23.4 Å². The standard InChI is InChI=1S/C11H8BrClN2S/c12-8-2-1-5-15-11(8)16-10-4-3-7(14)6-9(10)13/h1-6H,14H2. The second-order valence-electron chi connectivity index (χ2n) is 3.08. The number of halogens is 2. The molecule has 0 aliphatic heterocycles. The summed E-state index contributed by atoms with van der Waals surface area (Å²) in [6, 6.07) is 9.27. The molecule has 1 aromatic heterocycles. The molecule has 1 heterocycles. The molecule has 0 saturated carbocycles. The monoisotopic (exact) mass is 314 g/mol. The lowest BCUT2D eigenvalue weighted by Crippen LogP contribution is -1.86. The van der Waals surface area contributed by atoms with Crippen LogP contribution in [0.4, 0.5) is 5.69 Å². The van der Waals surface area contributed by atoms with E-state index in [9.17, 15) is 0 Å². The fourth-order valence-corrected chi connectivity index (χ4v) is 2.73. The predicted octanol–water partition coefficient (Wildman–Crippen LogP) is 4.23. The fraction of sp³-hybridized carbons (Fsp3) is 0. The van der Waals surface area contributed by atoms with Gasteiger partial charge in [0.15, 0.2) is 0 Å². The van der Waals surface area contributed by atoms with Gasteiger partial charge in [0.2, 0.25) is 0 Å². The maximum Gasteiger partial charge on any atom is 0.115 e. The first-order chi connectivity index (χ1) is 7.66. The first-order valence-electron chi connectivity index (χ1n) is 4.50. The lowest BCUT2D eigenvalue weighted by molar-refractivity contribution is 1.11. The van der Waals surface area contributed by atoms with Gasteiger partial charge in [-0.3, -0.25) is 0 Å². The van der Waals surface area contributed by atoms with Gasteiger partial charge in [0.05, 0.1) is 9.50 Å².